The summed E-state index contributed by atoms with van der Waals surface area (Å²) in [7, 11) is 0. The van der Waals surface area contributed by atoms with Gasteiger partial charge in [-0.25, -0.2) is 4.98 Å². The molecule has 25 heavy (non-hydrogen) atoms. The van der Waals surface area contributed by atoms with E-state index in [-0.39, 0.29) is 30.3 Å². The number of carboxylic acids is 1. The molecule has 1 aromatic heterocycles. The van der Waals surface area contributed by atoms with E-state index in [1.807, 2.05) is 33.7 Å². The lowest BCUT2D eigenvalue weighted by Crippen LogP contribution is -2.48. The molecule has 1 fully saturated rings. The number of hydrogen-bond acceptors (Lipinski definition) is 4. The van der Waals surface area contributed by atoms with Gasteiger partial charge in [-0.2, -0.15) is 0 Å². The van der Waals surface area contributed by atoms with Crippen molar-refractivity contribution in [2.45, 2.75) is 56.9 Å². The lowest BCUT2D eigenvalue weighted by molar-refractivity contribution is -0.138. The highest BCUT2D eigenvalue weighted by Crippen LogP contribution is 2.26. The van der Waals surface area contributed by atoms with Gasteiger partial charge in [-0.1, -0.05) is 23.9 Å². The van der Waals surface area contributed by atoms with Crippen LogP contribution in [0.1, 0.15) is 33.1 Å². The van der Waals surface area contributed by atoms with Crippen LogP contribution in [0, 0.1) is 0 Å². The van der Waals surface area contributed by atoms with E-state index in [4.69, 9.17) is 5.11 Å². The molecule has 2 aromatic rings. The van der Waals surface area contributed by atoms with Gasteiger partial charge in [0.05, 0.1) is 16.8 Å². The van der Waals surface area contributed by atoms with Crippen molar-refractivity contribution in [3.05, 3.63) is 24.3 Å². The van der Waals surface area contributed by atoms with Crippen molar-refractivity contribution in [1.82, 2.24) is 14.5 Å². The highest BCUT2D eigenvalue weighted by molar-refractivity contribution is 7.99. The molecule has 1 aliphatic heterocycles. The lowest BCUT2D eigenvalue weighted by atomic mass is 9.97. The number of fused-ring (bicyclic) bond motifs is 1. The molecule has 0 bridgehead atoms. The second-order valence-corrected chi connectivity index (χ2v) is 7.52. The predicted molar refractivity (Wildman–Crippen MR) is 97.7 cm³/mol. The number of thioether (sulfide) groups is 1. The summed E-state index contributed by atoms with van der Waals surface area (Å²) in [4.78, 5) is 30.4. The molecule has 7 heteroatoms. The number of amides is 1. The molecule has 0 aliphatic carbocycles. The van der Waals surface area contributed by atoms with Crippen molar-refractivity contribution in [2.24, 2.45) is 0 Å². The third-order valence-electron chi connectivity index (χ3n) is 4.72. The molecule has 2 heterocycles. The number of piperidine rings is 1. The molecule has 0 unspecified atom stereocenters. The summed E-state index contributed by atoms with van der Waals surface area (Å²) >= 11 is 1.15. The maximum atomic E-state index is 13.0. The number of rotatable bonds is 5. The number of carbonyl (C=O) groups is 2. The van der Waals surface area contributed by atoms with Gasteiger partial charge in [0.25, 0.3) is 0 Å². The van der Waals surface area contributed by atoms with E-state index in [9.17, 15) is 9.59 Å². The van der Waals surface area contributed by atoms with Gasteiger partial charge >= 0.3 is 5.97 Å². The minimum absolute atomic E-state index is 0.0695. The third kappa shape index (κ3) is 3.81. The van der Waals surface area contributed by atoms with Crippen LogP contribution in [0.5, 0.6) is 0 Å². The Balaban J connectivity index is 1.89. The smallest absolute Gasteiger partial charge is 0.313 e. The molecule has 3 rings (SSSR count). The number of benzene rings is 1. The van der Waals surface area contributed by atoms with Crippen LogP contribution in [0.25, 0.3) is 11.0 Å². The van der Waals surface area contributed by atoms with Gasteiger partial charge in [-0.05, 0) is 45.2 Å². The summed E-state index contributed by atoms with van der Waals surface area (Å²) in [6.45, 7) is 4.39. The maximum Gasteiger partial charge on any atom is 0.313 e. The van der Waals surface area contributed by atoms with Gasteiger partial charge < -0.3 is 14.6 Å². The van der Waals surface area contributed by atoms with Crippen LogP contribution in [0.3, 0.4) is 0 Å². The number of para-hydroxylation sites is 2. The molecule has 1 N–H and O–H groups in total. The first kappa shape index (κ1) is 17.8. The van der Waals surface area contributed by atoms with Gasteiger partial charge in [-0.15, -0.1) is 0 Å². The number of hydrogen-bond donors (Lipinski definition) is 1. The Morgan fingerprint density at radius 3 is 2.60 bits per heavy atom. The number of aromatic nitrogens is 2. The Bertz CT molecular complexity index is 779. The van der Waals surface area contributed by atoms with E-state index >= 15 is 0 Å². The number of imidazole rings is 1. The molecular weight excluding hydrogens is 338 g/mol. The van der Waals surface area contributed by atoms with Gasteiger partial charge in [0.2, 0.25) is 5.91 Å². The minimum atomic E-state index is -0.895. The average molecular weight is 361 g/mol. The molecular formula is C18H23N3O3S. The van der Waals surface area contributed by atoms with Crippen LogP contribution in [0.15, 0.2) is 29.4 Å². The van der Waals surface area contributed by atoms with Crippen LogP contribution in [0.2, 0.25) is 0 Å². The van der Waals surface area contributed by atoms with Crippen LogP contribution in [0.4, 0.5) is 0 Å². The first-order valence-electron chi connectivity index (χ1n) is 8.58. The van der Waals surface area contributed by atoms with Crippen LogP contribution in [-0.4, -0.2) is 49.3 Å². The molecule has 1 saturated heterocycles. The van der Waals surface area contributed by atoms with E-state index in [2.05, 4.69) is 18.8 Å². The average Bonchev–Trinajstić information content (AvgIpc) is 2.90. The second-order valence-electron chi connectivity index (χ2n) is 6.58. The standard InChI is InChI=1S/C18H23N3O3S/c1-12-6-5-7-13(2)21(12)16(22)10-20-15-9-4-3-8-14(15)19-18(20)25-11-17(23)24/h3-4,8-9,12-13H,5-7,10-11H2,1-2H3,(H,23,24)/t12-,13-/m1/s1. The van der Waals surface area contributed by atoms with E-state index < -0.39 is 5.97 Å². The van der Waals surface area contributed by atoms with E-state index in [0.717, 1.165) is 42.1 Å². The fourth-order valence-corrected chi connectivity index (χ4v) is 4.31. The fraction of sp³-hybridized carbons (Fsp3) is 0.500. The Labute approximate surface area is 151 Å². The Kier molecular flexibility index (Phi) is 5.32. The van der Waals surface area contributed by atoms with E-state index in [1.165, 1.54) is 0 Å². The number of nitrogens with zero attached hydrogens (tertiary/aromatic N) is 3. The topological polar surface area (TPSA) is 75.4 Å². The monoisotopic (exact) mass is 361 g/mol. The number of likely N-dealkylation sites (tertiary alicyclic amines) is 1. The molecule has 2 atom stereocenters. The normalized spacial score (nSPS) is 20.8. The molecule has 0 saturated carbocycles. The van der Waals surface area contributed by atoms with Crippen LogP contribution in [-0.2, 0) is 16.1 Å². The zero-order chi connectivity index (χ0) is 18.0. The maximum absolute atomic E-state index is 13.0. The van der Waals surface area contributed by atoms with Gasteiger partial charge in [0, 0.05) is 12.1 Å². The summed E-state index contributed by atoms with van der Waals surface area (Å²) in [5, 5.41) is 9.54. The summed E-state index contributed by atoms with van der Waals surface area (Å²) in [6, 6.07) is 8.07. The van der Waals surface area contributed by atoms with Crippen molar-refractivity contribution >= 4 is 34.7 Å². The lowest BCUT2D eigenvalue weighted by Gasteiger charge is -2.39. The summed E-state index contributed by atoms with van der Waals surface area (Å²) in [6.07, 6.45) is 3.21. The number of carbonyl (C=O) groups excluding carboxylic acids is 1. The molecule has 134 valence electrons. The second kappa shape index (κ2) is 7.47. The number of carboxylic acid groups (broad SMARTS) is 1. The van der Waals surface area contributed by atoms with Crippen molar-refractivity contribution < 1.29 is 14.7 Å². The highest BCUT2D eigenvalue weighted by Gasteiger charge is 2.29. The Morgan fingerprint density at radius 2 is 1.92 bits per heavy atom. The minimum Gasteiger partial charge on any atom is -0.481 e. The van der Waals surface area contributed by atoms with Crippen molar-refractivity contribution in [3.63, 3.8) is 0 Å². The quantitative estimate of drug-likeness (QED) is 0.829. The summed E-state index contributed by atoms with van der Waals surface area (Å²) < 4.78 is 1.85. The predicted octanol–water partition coefficient (Wildman–Crippen LogP) is 3.00. The molecule has 0 radical (unpaired) electrons. The van der Waals surface area contributed by atoms with E-state index in [1.54, 1.807) is 0 Å². The van der Waals surface area contributed by atoms with Crippen molar-refractivity contribution in [3.8, 4) is 0 Å². The SMILES string of the molecule is C[C@@H]1CCC[C@@H](C)N1C(=O)Cn1c(SCC(=O)O)nc2ccccc21. The largest absolute Gasteiger partial charge is 0.481 e. The van der Waals surface area contributed by atoms with Crippen LogP contribution >= 0.6 is 11.8 Å². The number of aliphatic carboxylic acids is 1. The van der Waals surface area contributed by atoms with Gasteiger partial charge in [0.1, 0.15) is 6.54 Å². The zero-order valence-corrected chi connectivity index (χ0v) is 15.3. The van der Waals surface area contributed by atoms with Crippen molar-refractivity contribution in [1.29, 1.82) is 0 Å². The molecule has 0 spiro atoms. The first-order valence-corrected chi connectivity index (χ1v) is 9.57. The molecule has 1 amide bonds. The zero-order valence-electron chi connectivity index (χ0n) is 14.5. The summed E-state index contributed by atoms with van der Waals surface area (Å²) in [5.41, 5.74) is 1.64. The fourth-order valence-electron chi connectivity index (χ4n) is 3.57. The Hall–Kier alpha value is -2.02. The first-order chi connectivity index (χ1) is 12.0. The van der Waals surface area contributed by atoms with Crippen LogP contribution < -0.4 is 0 Å². The van der Waals surface area contributed by atoms with E-state index in [0.29, 0.717) is 5.16 Å². The highest BCUT2D eigenvalue weighted by atomic mass is 32.2. The third-order valence-corrected chi connectivity index (χ3v) is 5.68. The van der Waals surface area contributed by atoms with Gasteiger partial charge in [0.15, 0.2) is 5.16 Å². The van der Waals surface area contributed by atoms with Crippen molar-refractivity contribution in [2.75, 3.05) is 5.75 Å². The Morgan fingerprint density at radius 1 is 1.24 bits per heavy atom. The molecule has 6 nitrogen and oxygen atoms in total. The summed E-state index contributed by atoms with van der Waals surface area (Å²) in [5.74, 6) is -0.901. The molecule has 1 aromatic carbocycles. The van der Waals surface area contributed by atoms with Gasteiger partial charge in [-0.3, -0.25) is 9.59 Å². The molecule has 1 aliphatic rings.